The third-order valence-corrected chi connectivity index (χ3v) is 6.71. The molecule has 36 heavy (non-hydrogen) atoms. The van der Waals surface area contributed by atoms with Gasteiger partial charge in [0.05, 0.1) is 0 Å². The topological polar surface area (TPSA) is 3.24 Å². The van der Waals surface area contributed by atoms with Gasteiger partial charge in [0.25, 0.3) is 0 Å². The van der Waals surface area contributed by atoms with Gasteiger partial charge in [-0.15, -0.1) is 0 Å². The van der Waals surface area contributed by atoms with Crippen LogP contribution in [0.2, 0.25) is 0 Å². The highest BCUT2D eigenvalue weighted by molar-refractivity contribution is 6.00. The number of anilines is 3. The standard InChI is InChI=1S/C35H27N/c1-26-15-21-31(22-16-26)36(30-11-3-2-4-12-30)32-23-17-27(18-24-32)25-35-33-13-7-5-9-28(33)19-20-29-10-6-8-14-34(29)35/h2-25H,1H3. The Labute approximate surface area is 213 Å². The molecule has 1 heteroatoms. The van der Waals surface area contributed by atoms with Crippen molar-refractivity contribution in [2.24, 2.45) is 0 Å². The molecular formula is C35H27N. The summed E-state index contributed by atoms with van der Waals surface area (Å²) in [6.07, 6.45) is 6.75. The Kier molecular flexibility index (Phi) is 5.81. The van der Waals surface area contributed by atoms with Crippen LogP contribution in [0.15, 0.2) is 127 Å². The van der Waals surface area contributed by atoms with Gasteiger partial charge >= 0.3 is 0 Å². The number of aryl methyl sites for hydroxylation is 1. The van der Waals surface area contributed by atoms with E-state index in [9.17, 15) is 0 Å². The van der Waals surface area contributed by atoms with E-state index in [-0.39, 0.29) is 0 Å². The summed E-state index contributed by atoms with van der Waals surface area (Å²) in [6.45, 7) is 2.12. The van der Waals surface area contributed by atoms with Crippen LogP contribution in [0.3, 0.4) is 0 Å². The van der Waals surface area contributed by atoms with E-state index in [1.165, 1.54) is 39.0 Å². The van der Waals surface area contributed by atoms with Crippen molar-refractivity contribution in [1.29, 1.82) is 0 Å². The largest absolute Gasteiger partial charge is 0.311 e. The highest BCUT2D eigenvalue weighted by atomic mass is 15.1. The van der Waals surface area contributed by atoms with Crippen molar-refractivity contribution in [3.8, 4) is 0 Å². The molecule has 0 aliphatic heterocycles. The van der Waals surface area contributed by atoms with Crippen molar-refractivity contribution in [1.82, 2.24) is 0 Å². The van der Waals surface area contributed by atoms with Gasteiger partial charge in [-0.25, -0.2) is 0 Å². The van der Waals surface area contributed by atoms with Crippen LogP contribution >= 0.6 is 0 Å². The Balaban J connectivity index is 1.43. The summed E-state index contributed by atoms with van der Waals surface area (Å²) in [4.78, 5) is 2.30. The van der Waals surface area contributed by atoms with Gasteiger partial charge in [-0.3, -0.25) is 0 Å². The van der Waals surface area contributed by atoms with Crippen LogP contribution in [0.4, 0.5) is 17.1 Å². The summed E-state index contributed by atoms with van der Waals surface area (Å²) >= 11 is 0. The molecule has 0 radical (unpaired) electrons. The SMILES string of the molecule is Cc1ccc(N(c2ccccc2)c2ccc(C=C3c4ccccc4C=Cc4ccccc43)cc2)cc1. The normalized spacial score (nSPS) is 11.9. The van der Waals surface area contributed by atoms with E-state index in [0.29, 0.717) is 0 Å². The number of fused-ring (bicyclic) bond motifs is 2. The van der Waals surface area contributed by atoms with Crippen LogP contribution in [0.5, 0.6) is 0 Å². The molecule has 6 rings (SSSR count). The molecule has 5 aromatic carbocycles. The molecule has 0 unspecified atom stereocenters. The molecule has 0 atom stereocenters. The molecule has 0 N–H and O–H groups in total. The van der Waals surface area contributed by atoms with Gasteiger partial charge in [-0.05, 0) is 82.8 Å². The van der Waals surface area contributed by atoms with E-state index in [0.717, 1.165) is 17.1 Å². The first-order valence-electron chi connectivity index (χ1n) is 12.4. The lowest BCUT2D eigenvalue weighted by Crippen LogP contribution is -2.09. The highest BCUT2D eigenvalue weighted by Crippen LogP contribution is 2.37. The van der Waals surface area contributed by atoms with Gasteiger partial charge in [-0.1, -0.05) is 109 Å². The lowest BCUT2D eigenvalue weighted by atomic mass is 9.92. The predicted molar refractivity (Wildman–Crippen MR) is 155 cm³/mol. The summed E-state index contributed by atoms with van der Waals surface area (Å²) < 4.78 is 0. The summed E-state index contributed by atoms with van der Waals surface area (Å²) in [6, 6.07) is 45.4. The third-order valence-electron chi connectivity index (χ3n) is 6.71. The first-order chi connectivity index (χ1) is 17.8. The molecular weight excluding hydrogens is 434 g/mol. The molecule has 0 amide bonds. The van der Waals surface area contributed by atoms with Crippen LogP contribution in [0, 0.1) is 6.92 Å². The van der Waals surface area contributed by atoms with Gasteiger partial charge in [-0.2, -0.15) is 0 Å². The van der Waals surface area contributed by atoms with Crippen molar-refractivity contribution in [2.45, 2.75) is 6.92 Å². The smallest absolute Gasteiger partial charge is 0.0462 e. The van der Waals surface area contributed by atoms with Crippen molar-refractivity contribution >= 4 is 40.9 Å². The Hall–Kier alpha value is -4.62. The van der Waals surface area contributed by atoms with E-state index in [4.69, 9.17) is 0 Å². The minimum Gasteiger partial charge on any atom is -0.311 e. The lowest BCUT2D eigenvalue weighted by molar-refractivity contribution is 1.27. The lowest BCUT2D eigenvalue weighted by Gasteiger charge is -2.25. The van der Waals surface area contributed by atoms with Gasteiger partial charge in [0.2, 0.25) is 0 Å². The monoisotopic (exact) mass is 461 g/mol. The molecule has 172 valence electrons. The minimum atomic E-state index is 1.13. The average Bonchev–Trinajstić information content (AvgIpc) is 3.09. The van der Waals surface area contributed by atoms with Crippen molar-refractivity contribution in [3.05, 3.63) is 161 Å². The van der Waals surface area contributed by atoms with Crippen LogP contribution in [-0.2, 0) is 0 Å². The number of hydrogen-bond acceptors (Lipinski definition) is 1. The van der Waals surface area contributed by atoms with E-state index in [2.05, 4.69) is 157 Å². The molecule has 0 saturated carbocycles. The zero-order chi connectivity index (χ0) is 24.3. The second-order valence-corrected chi connectivity index (χ2v) is 9.16. The second kappa shape index (κ2) is 9.56. The highest BCUT2D eigenvalue weighted by Gasteiger charge is 2.15. The predicted octanol–water partition coefficient (Wildman–Crippen LogP) is 9.54. The molecule has 5 aromatic rings. The second-order valence-electron chi connectivity index (χ2n) is 9.16. The Morgan fingerprint density at radius 1 is 0.472 bits per heavy atom. The maximum Gasteiger partial charge on any atom is 0.0462 e. The van der Waals surface area contributed by atoms with Crippen molar-refractivity contribution < 1.29 is 0 Å². The first kappa shape index (κ1) is 21.9. The maximum atomic E-state index is 2.31. The van der Waals surface area contributed by atoms with E-state index in [1.54, 1.807) is 0 Å². The first-order valence-corrected chi connectivity index (χ1v) is 12.4. The molecule has 0 bridgehead atoms. The number of hydrogen-bond donors (Lipinski definition) is 0. The molecule has 1 nitrogen and oxygen atoms in total. The number of para-hydroxylation sites is 1. The number of nitrogens with zero attached hydrogens (tertiary/aromatic N) is 1. The van der Waals surface area contributed by atoms with E-state index < -0.39 is 0 Å². The number of benzene rings is 5. The van der Waals surface area contributed by atoms with Gasteiger partial charge in [0.15, 0.2) is 0 Å². The zero-order valence-corrected chi connectivity index (χ0v) is 20.3. The molecule has 0 fully saturated rings. The fourth-order valence-corrected chi connectivity index (χ4v) is 4.86. The Morgan fingerprint density at radius 3 is 1.53 bits per heavy atom. The quantitative estimate of drug-likeness (QED) is 0.253. The molecule has 0 aromatic heterocycles. The molecule has 1 aliphatic rings. The molecule has 0 saturated heterocycles. The minimum absolute atomic E-state index is 1.13. The van der Waals surface area contributed by atoms with Crippen molar-refractivity contribution in [3.63, 3.8) is 0 Å². The Morgan fingerprint density at radius 2 is 0.944 bits per heavy atom. The van der Waals surface area contributed by atoms with Crippen LogP contribution in [0.1, 0.15) is 33.4 Å². The van der Waals surface area contributed by atoms with Gasteiger partial charge in [0, 0.05) is 17.1 Å². The van der Waals surface area contributed by atoms with Crippen LogP contribution in [0.25, 0.3) is 23.8 Å². The van der Waals surface area contributed by atoms with Gasteiger partial charge < -0.3 is 4.90 Å². The van der Waals surface area contributed by atoms with Crippen LogP contribution < -0.4 is 4.90 Å². The molecule has 1 aliphatic carbocycles. The van der Waals surface area contributed by atoms with Crippen LogP contribution in [-0.4, -0.2) is 0 Å². The number of rotatable bonds is 4. The average molecular weight is 462 g/mol. The molecule has 0 heterocycles. The maximum absolute atomic E-state index is 2.31. The van der Waals surface area contributed by atoms with E-state index >= 15 is 0 Å². The third kappa shape index (κ3) is 4.28. The fraction of sp³-hybridized carbons (Fsp3) is 0.0286. The van der Waals surface area contributed by atoms with E-state index in [1.807, 2.05) is 0 Å². The molecule has 0 spiro atoms. The zero-order valence-electron chi connectivity index (χ0n) is 20.3. The summed E-state index contributed by atoms with van der Waals surface area (Å²) in [7, 11) is 0. The summed E-state index contributed by atoms with van der Waals surface area (Å²) in [5.41, 5.74) is 12.1. The summed E-state index contributed by atoms with van der Waals surface area (Å²) in [5, 5.41) is 0. The van der Waals surface area contributed by atoms with Gasteiger partial charge in [0.1, 0.15) is 0 Å². The fourth-order valence-electron chi connectivity index (χ4n) is 4.86. The summed E-state index contributed by atoms with van der Waals surface area (Å²) in [5.74, 6) is 0. The van der Waals surface area contributed by atoms with Crippen molar-refractivity contribution in [2.75, 3.05) is 4.90 Å². The Bertz CT molecular complexity index is 1500.